The number of piperidine rings is 1. The maximum Gasteiger partial charge on any atom is 0.226 e. The Morgan fingerprint density at radius 3 is 2.77 bits per heavy atom. The van der Waals surface area contributed by atoms with Crippen molar-refractivity contribution < 1.29 is 9.90 Å². The molecule has 2 fully saturated rings. The van der Waals surface area contributed by atoms with Crippen LogP contribution in [0.1, 0.15) is 26.2 Å². The third kappa shape index (κ3) is 1.85. The molecule has 1 heterocycles. The van der Waals surface area contributed by atoms with Crippen LogP contribution in [0.2, 0.25) is 0 Å². The van der Waals surface area contributed by atoms with Gasteiger partial charge < -0.3 is 10.0 Å². The number of rotatable bonds is 1. The molecule has 3 unspecified atom stereocenters. The lowest BCUT2D eigenvalue weighted by molar-refractivity contribution is -0.135. The largest absolute Gasteiger partial charge is 0.391 e. The minimum Gasteiger partial charge on any atom is -0.391 e. The van der Waals surface area contributed by atoms with Gasteiger partial charge in [0.2, 0.25) is 5.91 Å². The number of β-amino-alcohol motifs (C(OH)–C–C–N with tert-alkyl or cyclic N) is 1. The van der Waals surface area contributed by atoms with Crippen molar-refractivity contribution in [3.63, 3.8) is 0 Å². The van der Waals surface area contributed by atoms with E-state index in [0.29, 0.717) is 12.5 Å². The van der Waals surface area contributed by atoms with Crippen LogP contribution in [0.3, 0.4) is 0 Å². The topological polar surface area (TPSA) is 40.5 Å². The number of hydrogen-bond donors (Lipinski definition) is 1. The van der Waals surface area contributed by atoms with Crippen molar-refractivity contribution >= 4 is 5.91 Å². The number of nitrogens with zero attached hydrogens (tertiary/aromatic N) is 1. The predicted molar refractivity (Wildman–Crippen MR) is 49.1 cm³/mol. The van der Waals surface area contributed by atoms with Crippen molar-refractivity contribution in [2.45, 2.75) is 32.3 Å². The van der Waals surface area contributed by atoms with Crippen molar-refractivity contribution in [1.29, 1.82) is 0 Å². The smallest absolute Gasteiger partial charge is 0.226 e. The molecule has 74 valence electrons. The zero-order valence-electron chi connectivity index (χ0n) is 8.07. The first-order chi connectivity index (χ1) is 6.18. The van der Waals surface area contributed by atoms with E-state index in [-0.39, 0.29) is 17.9 Å². The van der Waals surface area contributed by atoms with Crippen LogP contribution in [0.25, 0.3) is 0 Å². The van der Waals surface area contributed by atoms with Gasteiger partial charge >= 0.3 is 0 Å². The maximum atomic E-state index is 11.7. The summed E-state index contributed by atoms with van der Waals surface area (Å²) in [6.45, 7) is 3.52. The normalized spacial score (nSPS) is 38.9. The molecule has 13 heavy (non-hydrogen) atoms. The zero-order valence-corrected chi connectivity index (χ0v) is 8.07. The van der Waals surface area contributed by atoms with Crippen LogP contribution in [-0.2, 0) is 4.79 Å². The highest BCUT2D eigenvalue weighted by Gasteiger charge is 2.42. The Kier molecular flexibility index (Phi) is 2.28. The van der Waals surface area contributed by atoms with Gasteiger partial charge in [0.25, 0.3) is 0 Å². The zero-order chi connectivity index (χ0) is 9.42. The highest BCUT2D eigenvalue weighted by molar-refractivity contribution is 5.81. The molecule has 1 N–H and O–H groups in total. The fourth-order valence-electron chi connectivity index (χ4n) is 2.06. The maximum absolute atomic E-state index is 11.7. The lowest BCUT2D eigenvalue weighted by Crippen LogP contribution is -2.43. The molecule has 3 heteroatoms. The first-order valence-corrected chi connectivity index (χ1v) is 5.15. The molecule has 1 aliphatic heterocycles. The van der Waals surface area contributed by atoms with Crippen LogP contribution in [0.5, 0.6) is 0 Å². The Bertz CT molecular complexity index is 217. The molecule has 2 rings (SSSR count). The number of hydrogen-bond acceptors (Lipinski definition) is 2. The second kappa shape index (κ2) is 3.29. The molecule has 0 aromatic heterocycles. The van der Waals surface area contributed by atoms with E-state index in [9.17, 15) is 9.90 Å². The summed E-state index contributed by atoms with van der Waals surface area (Å²) in [6.07, 6.45) is 2.57. The second-order valence-corrected chi connectivity index (χ2v) is 4.40. The van der Waals surface area contributed by atoms with Crippen LogP contribution in [-0.4, -0.2) is 35.1 Å². The predicted octanol–water partition coefficient (Wildman–Crippen LogP) is 0.626. The summed E-state index contributed by atoms with van der Waals surface area (Å²) in [4.78, 5) is 13.6. The molecule has 3 nitrogen and oxygen atoms in total. The highest BCUT2D eigenvalue weighted by atomic mass is 16.3. The first-order valence-electron chi connectivity index (χ1n) is 5.15. The van der Waals surface area contributed by atoms with Crippen molar-refractivity contribution in [2.24, 2.45) is 11.8 Å². The quantitative estimate of drug-likeness (QED) is 0.647. The molecule has 0 radical (unpaired) electrons. The van der Waals surface area contributed by atoms with Crippen LogP contribution < -0.4 is 0 Å². The molecule has 0 aromatic carbocycles. The van der Waals surface area contributed by atoms with Gasteiger partial charge in [-0.15, -0.1) is 0 Å². The Morgan fingerprint density at radius 2 is 2.23 bits per heavy atom. The Labute approximate surface area is 78.7 Å². The number of aliphatic hydroxyl groups excluding tert-OH is 1. The van der Waals surface area contributed by atoms with Gasteiger partial charge in [-0.2, -0.15) is 0 Å². The van der Waals surface area contributed by atoms with Gasteiger partial charge in [-0.05, 0) is 25.2 Å². The molecule has 1 saturated carbocycles. The summed E-state index contributed by atoms with van der Waals surface area (Å²) in [5.74, 6) is 1.11. The number of aliphatic hydroxyl groups is 1. The van der Waals surface area contributed by atoms with E-state index < -0.39 is 0 Å². The second-order valence-electron chi connectivity index (χ2n) is 4.40. The number of amides is 1. The van der Waals surface area contributed by atoms with E-state index in [1.807, 2.05) is 4.90 Å². The number of carbonyl (C=O) groups excluding carboxylic acids is 1. The lowest BCUT2D eigenvalue weighted by atomic mass is 10.1. The third-order valence-corrected chi connectivity index (χ3v) is 3.13. The lowest BCUT2D eigenvalue weighted by Gasteiger charge is -2.30. The van der Waals surface area contributed by atoms with E-state index in [0.717, 1.165) is 25.8 Å². The standard InChI is InChI=1S/C10H17NO2/c1-7-5-9(7)10(13)11-4-2-3-8(12)6-11/h7-9,12H,2-6H2,1H3. The summed E-state index contributed by atoms with van der Waals surface area (Å²) in [5, 5.41) is 9.40. The fourth-order valence-corrected chi connectivity index (χ4v) is 2.06. The SMILES string of the molecule is CC1CC1C(=O)N1CCCC(O)C1. The van der Waals surface area contributed by atoms with E-state index in [1.54, 1.807) is 0 Å². The summed E-state index contributed by atoms with van der Waals surface area (Å²) in [6, 6.07) is 0. The molecule has 1 aliphatic carbocycles. The van der Waals surface area contributed by atoms with Crippen molar-refractivity contribution in [3.8, 4) is 0 Å². The molecule has 3 atom stereocenters. The molecular weight excluding hydrogens is 166 g/mol. The van der Waals surface area contributed by atoms with Gasteiger partial charge in [-0.1, -0.05) is 6.92 Å². The van der Waals surface area contributed by atoms with Gasteiger partial charge in [0.1, 0.15) is 0 Å². The van der Waals surface area contributed by atoms with Gasteiger partial charge in [0.15, 0.2) is 0 Å². The molecule has 0 spiro atoms. The van der Waals surface area contributed by atoms with E-state index in [4.69, 9.17) is 0 Å². The van der Waals surface area contributed by atoms with E-state index >= 15 is 0 Å². The molecule has 1 amide bonds. The van der Waals surface area contributed by atoms with Gasteiger partial charge in [0.05, 0.1) is 6.10 Å². The van der Waals surface area contributed by atoms with Crippen molar-refractivity contribution in [3.05, 3.63) is 0 Å². The van der Waals surface area contributed by atoms with Crippen molar-refractivity contribution in [2.75, 3.05) is 13.1 Å². The molecule has 0 aromatic rings. The molecule has 0 bridgehead atoms. The molecule has 1 saturated heterocycles. The van der Waals surface area contributed by atoms with Gasteiger partial charge in [0, 0.05) is 19.0 Å². The summed E-state index contributed by atoms with van der Waals surface area (Å²) in [7, 11) is 0. The minimum absolute atomic E-state index is 0.269. The van der Waals surface area contributed by atoms with E-state index in [2.05, 4.69) is 6.92 Å². The average Bonchev–Trinajstić information content (AvgIpc) is 2.81. The first kappa shape index (κ1) is 9.00. The van der Waals surface area contributed by atoms with Gasteiger partial charge in [-0.25, -0.2) is 0 Å². The third-order valence-electron chi connectivity index (χ3n) is 3.13. The molecule has 2 aliphatic rings. The van der Waals surface area contributed by atoms with Gasteiger partial charge in [-0.3, -0.25) is 4.79 Å². The minimum atomic E-state index is -0.285. The number of carbonyl (C=O) groups is 1. The van der Waals surface area contributed by atoms with Crippen molar-refractivity contribution in [1.82, 2.24) is 4.90 Å². The Balaban J connectivity index is 1.88. The van der Waals surface area contributed by atoms with E-state index in [1.165, 1.54) is 0 Å². The Morgan fingerprint density at radius 1 is 1.54 bits per heavy atom. The summed E-state index contributed by atoms with van der Waals surface area (Å²) < 4.78 is 0. The summed E-state index contributed by atoms with van der Waals surface area (Å²) >= 11 is 0. The Hall–Kier alpha value is -0.570. The highest BCUT2D eigenvalue weighted by Crippen LogP contribution is 2.39. The molecular formula is C10H17NO2. The fraction of sp³-hybridized carbons (Fsp3) is 0.900. The van der Waals surface area contributed by atoms with Crippen LogP contribution in [0.15, 0.2) is 0 Å². The summed E-state index contributed by atoms with van der Waals surface area (Å²) in [5.41, 5.74) is 0. The van der Waals surface area contributed by atoms with Crippen LogP contribution >= 0.6 is 0 Å². The van der Waals surface area contributed by atoms with Crippen LogP contribution in [0, 0.1) is 11.8 Å². The monoisotopic (exact) mass is 183 g/mol. The van der Waals surface area contributed by atoms with Crippen LogP contribution in [0.4, 0.5) is 0 Å². The number of likely N-dealkylation sites (tertiary alicyclic amines) is 1. The average molecular weight is 183 g/mol.